The van der Waals surface area contributed by atoms with Gasteiger partial charge in [0, 0.05) is 24.6 Å². The van der Waals surface area contributed by atoms with E-state index in [1.807, 2.05) is 0 Å². The Kier molecular flexibility index (Phi) is 7.38. The second-order valence-electron chi connectivity index (χ2n) is 3.71. The second kappa shape index (κ2) is 8.48. The molecule has 0 saturated heterocycles. The van der Waals surface area contributed by atoms with E-state index < -0.39 is 11.9 Å². The summed E-state index contributed by atoms with van der Waals surface area (Å²) in [4.78, 5) is 19.6. The smallest absolute Gasteiger partial charge is 0.300 e. The fourth-order valence-electron chi connectivity index (χ4n) is 1.17. The standard InChI is InChI=1S/C10H14N4O2.C2H4O2/c11-4-7-2-1-6(10(13)14)3-8(7)16-5-9(12)15;1-2(3)4/h1-3H,4-5,11H2,(H2,12,15)(H3,13,14);1H3,(H,3,4). The van der Waals surface area contributed by atoms with Crippen LogP contribution in [0.15, 0.2) is 18.2 Å². The lowest BCUT2D eigenvalue weighted by atomic mass is 10.1. The van der Waals surface area contributed by atoms with Crippen molar-refractivity contribution in [2.75, 3.05) is 6.61 Å². The summed E-state index contributed by atoms with van der Waals surface area (Å²) >= 11 is 0. The molecule has 0 bridgehead atoms. The first-order chi connectivity index (χ1) is 9.27. The van der Waals surface area contributed by atoms with E-state index in [-0.39, 0.29) is 19.0 Å². The molecule has 0 spiro atoms. The topological polar surface area (TPSA) is 166 Å². The lowest BCUT2D eigenvalue weighted by Gasteiger charge is -2.10. The van der Waals surface area contributed by atoms with E-state index in [0.717, 1.165) is 12.5 Å². The summed E-state index contributed by atoms with van der Waals surface area (Å²) in [5, 5.41) is 14.7. The summed E-state index contributed by atoms with van der Waals surface area (Å²) in [7, 11) is 0. The van der Waals surface area contributed by atoms with Gasteiger partial charge in [0.15, 0.2) is 6.61 Å². The molecule has 1 rings (SSSR count). The summed E-state index contributed by atoms with van der Waals surface area (Å²) in [6, 6.07) is 4.93. The van der Waals surface area contributed by atoms with Crippen LogP contribution in [0.3, 0.4) is 0 Å². The van der Waals surface area contributed by atoms with Crippen molar-refractivity contribution in [3.8, 4) is 5.75 Å². The molecule has 0 aliphatic heterocycles. The number of hydrogen-bond acceptors (Lipinski definition) is 5. The van der Waals surface area contributed by atoms with E-state index >= 15 is 0 Å². The molecule has 110 valence electrons. The molecule has 0 heterocycles. The van der Waals surface area contributed by atoms with Crippen LogP contribution in [0.2, 0.25) is 0 Å². The van der Waals surface area contributed by atoms with Crippen LogP contribution in [0.25, 0.3) is 0 Å². The number of benzene rings is 1. The first kappa shape index (κ1) is 17.4. The Morgan fingerprint density at radius 2 is 1.90 bits per heavy atom. The lowest BCUT2D eigenvalue weighted by molar-refractivity contribution is -0.134. The van der Waals surface area contributed by atoms with E-state index in [4.69, 9.17) is 37.2 Å². The number of primary amides is 1. The van der Waals surface area contributed by atoms with Crippen LogP contribution in [0.1, 0.15) is 18.1 Å². The molecule has 0 fully saturated rings. The van der Waals surface area contributed by atoms with E-state index in [1.54, 1.807) is 18.2 Å². The Bertz CT molecular complexity index is 498. The average Bonchev–Trinajstić information content (AvgIpc) is 2.35. The van der Waals surface area contributed by atoms with Gasteiger partial charge in [-0.1, -0.05) is 12.1 Å². The molecule has 8 heteroatoms. The molecule has 1 aromatic rings. The summed E-state index contributed by atoms with van der Waals surface area (Å²) in [6.45, 7) is 1.13. The number of hydrogen-bond donors (Lipinski definition) is 5. The highest BCUT2D eigenvalue weighted by atomic mass is 16.5. The number of nitrogen functional groups attached to an aromatic ring is 1. The predicted octanol–water partition coefficient (Wildman–Crippen LogP) is -0.616. The third-order valence-electron chi connectivity index (χ3n) is 1.97. The number of carboxylic acid groups (broad SMARTS) is 1. The van der Waals surface area contributed by atoms with Crippen molar-refractivity contribution in [2.24, 2.45) is 17.2 Å². The van der Waals surface area contributed by atoms with Crippen LogP contribution in [0.5, 0.6) is 5.75 Å². The fraction of sp³-hybridized carbons (Fsp3) is 0.250. The number of amidine groups is 1. The molecule has 0 unspecified atom stereocenters. The van der Waals surface area contributed by atoms with Crippen molar-refractivity contribution >= 4 is 17.7 Å². The molecule has 0 aromatic heterocycles. The van der Waals surface area contributed by atoms with Crippen molar-refractivity contribution in [1.29, 1.82) is 5.41 Å². The number of amides is 1. The van der Waals surface area contributed by atoms with Gasteiger partial charge < -0.3 is 27.0 Å². The van der Waals surface area contributed by atoms with E-state index in [9.17, 15) is 4.79 Å². The highest BCUT2D eigenvalue weighted by Gasteiger charge is 2.06. The molecule has 0 radical (unpaired) electrons. The van der Waals surface area contributed by atoms with Crippen LogP contribution in [-0.4, -0.2) is 29.4 Å². The first-order valence-electron chi connectivity index (χ1n) is 5.56. The van der Waals surface area contributed by atoms with Gasteiger partial charge in [-0.3, -0.25) is 15.0 Å². The minimum Gasteiger partial charge on any atom is -0.483 e. The molecule has 1 aromatic carbocycles. The predicted molar refractivity (Wildman–Crippen MR) is 73.3 cm³/mol. The summed E-state index contributed by atoms with van der Waals surface area (Å²) < 4.78 is 5.17. The maximum atomic E-state index is 10.6. The van der Waals surface area contributed by atoms with Gasteiger partial charge in [-0.15, -0.1) is 0 Å². The van der Waals surface area contributed by atoms with Crippen LogP contribution in [-0.2, 0) is 16.1 Å². The number of aliphatic carboxylic acids is 1. The van der Waals surface area contributed by atoms with Crippen molar-refractivity contribution in [3.63, 3.8) is 0 Å². The van der Waals surface area contributed by atoms with E-state index in [1.165, 1.54) is 0 Å². The highest BCUT2D eigenvalue weighted by Crippen LogP contribution is 2.19. The molecule has 8 N–H and O–H groups in total. The van der Waals surface area contributed by atoms with Gasteiger partial charge in [-0.05, 0) is 6.07 Å². The number of carboxylic acids is 1. The normalized spacial score (nSPS) is 9.10. The number of nitrogens with one attached hydrogen (secondary N) is 1. The molecule has 0 aliphatic rings. The third-order valence-corrected chi connectivity index (χ3v) is 1.97. The zero-order chi connectivity index (χ0) is 15.7. The maximum absolute atomic E-state index is 10.6. The monoisotopic (exact) mass is 282 g/mol. The number of carbonyl (C=O) groups excluding carboxylic acids is 1. The van der Waals surface area contributed by atoms with Crippen LogP contribution in [0.4, 0.5) is 0 Å². The fourth-order valence-corrected chi connectivity index (χ4v) is 1.17. The third kappa shape index (κ3) is 6.97. The first-order valence-corrected chi connectivity index (χ1v) is 5.56. The molecule has 0 saturated carbocycles. The second-order valence-corrected chi connectivity index (χ2v) is 3.71. The summed E-state index contributed by atoms with van der Waals surface area (Å²) in [5.41, 5.74) is 17.0. The molecule has 0 aliphatic carbocycles. The van der Waals surface area contributed by atoms with Crippen molar-refractivity contribution in [2.45, 2.75) is 13.5 Å². The van der Waals surface area contributed by atoms with Gasteiger partial charge in [0.05, 0.1) is 0 Å². The lowest BCUT2D eigenvalue weighted by Crippen LogP contribution is -2.21. The minimum atomic E-state index is -0.833. The van der Waals surface area contributed by atoms with Crippen LogP contribution < -0.4 is 21.9 Å². The van der Waals surface area contributed by atoms with Gasteiger partial charge in [0.2, 0.25) is 0 Å². The Hall–Kier alpha value is -2.61. The average molecular weight is 282 g/mol. The number of ether oxygens (including phenoxy) is 1. The molecular weight excluding hydrogens is 264 g/mol. The molecule has 8 nitrogen and oxygen atoms in total. The quantitative estimate of drug-likeness (QED) is 0.356. The molecule has 0 atom stereocenters. The Morgan fingerprint density at radius 3 is 2.30 bits per heavy atom. The van der Waals surface area contributed by atoms with Crippen molar-refractivity contribution < 1.29 is 19.4 Å². The van der Waals surface area contributed by atoms with Crippen LogP contribution in [0, 0.1) is 5.41 Å². The minimum absolute atomic E-state index is 0.0764. The number of nitrogens with two attached hydrogens (primary N) is 3. The largest absolute Gasteiger partial charge is 0.483 e. The Morgan fingerprint density at radius 1 is 1.35 bits per heavy atom. The maximum Gasteiger partial charge on any atom is 0.300 e. The molecular formula is C12H18N4O4. The zero-order valence-corrected chi connectivity index (χ0v) is 11.1. The van der Waals surface area contributed by atoms with Crippen molar-refractivity contribution in [3.05, 3.63) is 29.3 Å². The SMILES string of the molecule is CC(=O)O.N=C(N)c1ccc(CN)c(OCC(N)=O)c1. The van der Waals surface area contributed by atoms with Crippen LogP contribution >= 0.6 is 0 Å². The summed E-state index contributed by atoms with van der Waals surface area (Å²) in [6.07, 6.45) is 0. The van der Waals surface area contributed by atoms with Gasteiger partial charge >= 0.3 is 0 Å². The van der Waals surface area contributed by atoms with E-state index in [2.05, 4.69) is 0 Å². The molecule has 1 amide bonds. The van der Waals surface area contributed by atoms with Gasteiger partial charge in [0.1, 0.15) is 11.6 Å². The molecule has 20 heavy (non-hydrogen) atoms. The Balaban J connectivity index is 0.000000796. The van der Waals surface area contributed by atoms with Gasteiger partial charge in [-0.2, -0.15) is 0 Å². The van der Waals surface area contributed by atoms with Gasteiger partial charge in [0.25, 0.3) is 11.9 Å². The summed E-state index contributed by atoms with van der Waals surface area (Å²) in [5.74, 6) is -1.06. The zero-order valence-electron chi connectivity index (χ0n) is 11.1. The number of rotatable bonds is 5. The highest BCUT2D eigenvalue weighted by molar-refractivity contribution is 5.95. The van der Waals surface area contributed by atoms with Crippen molar-refractivity contribution in [1.82, 2.24) is 0 Å². The van der Waals surface area contributed by atoms with Gasteiger partial charge in [-0.25, -0.2) is 0 Å². The number of carbonyl (C=O) groups is 2. The van der Waals surface area contributed by atoms with E-state index in [0.29, 0.717) is 11.3 Å². The Labute approximate surface area is 116 Å².